The van der Waals surface area contributed by atoms with Gasteiger partial charge in [-0.1, -0.05) is 0 Å². The summed E-state index contributed by atoms with van der Waals surface area (Å²) in [4.78, 5) is 33.0. The summed E-state index contributed by atoms with van der Waals surface area (Å²) in [6, 6.07) is 0. The zero-order chi connectivity index (χ0) is 12.3. The van der Waals surface area contributed by atoms with E-state index in [-0.39, 0.29) is 23.5 Å². The number of hydrogen-bond acceptors (Lipinski definition) is 5. The number of imidazole rings is 1. The van der Waals surface area contributed by atoms with Crippen LogP contribution in [0.15, 0.2) is 17.4 Å². The van der Waals surface area contributed by atoms with E-state index >= 15 is 0 Å². The van der Waals surface area contributed by atoms with Crippen LogP contribution >= 0.6 is 0 Å². The first-order valence-electron chi connectivity index (χ1n) is 5.26. The number of esters is 1. The Hall–Kier alpha value is -2.18. The van der Waals surface area contributed by atoms with Crippen LogP contribution in [-0.2, 0) is 16.1 Å². The summed E-state index contributed by atoms with van der Waals surface area (Å²) in [5.74, 6) is -0.279. The highest BCUT2D eigenvalue weighted by atomic mass is 16.5. The fourth-order valence-corrected chi connectivity index (χ4v) is 1.50. The fraction of sp³-hybridized carbons (Fsp3) is 0.400. The van der Waals surface area contributed by atoms with E-state index in [9.17, 15) is 9.59 Å². The molecule has 1 N–H and O–H groups in total. The number of carbonyl (C=O) groups excluding carboxylic acids is 1. The number of nitrogens with zero attached hydrogens (tertiary/aromatic N) is 3. The molecule has 0 fully saturated rings. The normalized spacial score (nSPS) is 10.6. The Balaban J connectivity index is 2.17. The van der Waals surface area contributed by atoms with Crippen LogP contribution < -0.4 is 5.56 Å². The molecule has 0 spiro atoms. The quantitative estimate of drug-likeness (QED) is 0.759. The van der Waals surface area contributed by atoms with Gasteiger partial charge in [0.25, 0.3) is 5.56 Å². The minimum Gasteiger partial charge on any atom is -0.466 e. The van der Waals surface area contributed by atoms with Crippen molar-refractivity contribution in [3.8, 4) is 0 Å². The third-order valence-electron chi connectivity index (χ3n) is 2.27. The Morgan fingerprint density at radius 3 is 3.12 bits per heavy atom. The molecule has 0 atom stereocenters. The van der Waals surface area contributed by atoms with Gasteiger partial charge in [-0.25, -0.2) is 9.97 Å². The van der Waals surface area contributed by atoms with Crippen LogP contribution in [0.3, 0.4) is 0 Å². The number of aromatic nitrogens is 4. The van der Waals surface area contributed by atoms with Crippen LogP contribution in [0.1, 0.15) is 13.3 Å². The van der Waals surface area contributed by atoms with E-state index in [4.69, 9.17) is 4.74 Å². The van der Waals surface area contributed by atoms with Crippen molar-refractivity contribution in [2.24, 2.45) is 0 Å². The van der Waals surface area contributed by atoms with E-state index in [1.807, 2.05) is 0 Å². The molecule has 7 heteroatoms. The summed E-state index contributed by atoms with van der Waals surface area (Å²) in [6.07, 6.45) is 3.03. The topological polar surface area (TPSA) is 89.9 Å². The van der Waals surface area contributed by atoms with Crippen molar-refractivity contribution in [3.05, 3.63) is 23.0 Å². The fourth-order valence-electron chi connectivity index (χ4n) is 1.50. The van der Waals surface area contributed by atoms with E-state index in [1.165, 1.54) is 12.7 Å². The molecule has 0 aliphatic rings. The molecule has 2 aromatic rings. The van der Waals surface area contributed by atoms with Crippen LogP contribution in [0, 0.1) is 0 Å². The van der Waals surface area contributed by atoms with Crippen molar-refractivity contribution < 1.29 is 9.53 Å². The molecular formula is C10H12N4O3. The molecular weight excluding hydrogens is 224 g/mol. The molecule has 2 heterocycles. The van der Waals surface area contributed by atoms with Crippen LogP contribution in [0.25, 0.3) is 11.2 Å². The van der Waals surface area contributed by atoms with Gasteiger partial charge >= 0.3 is 5.97 Å². The number of nitrogens with one attached hydrogen (secondary N) is 1. The highest BCUT2D eigenvalue weighted by Gasteiger charge is 2.08. The first-order valence-corrected chi connectivity index (χ1v) is 5.26. The number of hydrogen-bond donors (Lipinski definition) is 1. The van der Waals surface area contributed by atoms with Crippen molar-refractivity contribution in [1.82, 2.24) is 19.5 Å². The van der Waals surface area contributed by atoms with Crippen molar-refractivity contribution >= 4 is 17.1 Å². The van der Waals surface area contributed by atoms with Crippen LogP contribution in [0.2, 0.25) is 0 Å². The Morgan fingerprint density at radius 2 is 2.35 bits per heavy atom. The maximum absolute atomic E-state index is 11.4. The zero-order valence-corrected chi connectivity index (χ0v) is 9.34. The van der Waals surface area contributed by atoms with Crippen LogP contribution in [-0.4, -0.2) is 32.1 Å². The summed E-state index contributed by atoms with van der Waals surface area (Å²) in [6.45, 7) is 2.51. The molecule has 17 heavy (non-hydrogen) atoms. The molecule has 0 aliphatic heterocycles. The summed E-state index contributed by atoms with van der Waals surface area (Å²) in [5.41, 5.74) is 0.458. The van der Waals surface area contributed by atoms with Crippen LogP contribution in [0.5, 0.6) is 0 Å². The monoisotopic (exact) mass is 236 g/mol. The Bertz CT molecular complexity index is 586. The minimum absolute atomic E-state index is 0.230. The minimum atomic E-state index is -0.287. The number of ether oxygens (including phenoxy) is 1. The molecule has 0 saturated heterocycles. The highest BCUT2D eigenvalue weighted by molar-refractivity contribution is 5.71. The van der Waals surface area contributed by atoms with Crippen molar-refractivity contribution in [3.63, 3.8) is 0 Å². The summed E-state index contributed by atoms with van der Waals surface area (Å²) < 4.78 is 6.47. The molecule has 0 radical (unpaired) electrons. The third kappa shape index (κ3) is 2.32. The maximum atomic E-state index is 11.4. The molecule has 7 nitrogen and oxygen atoms in total. The van der Waals surface area contributed by atoms with E-state index in [1.54, 1.807) is 11.5 Å². The van der Waals surface area contributed by atoms with E-state index < -0.39 is 0 Å². The maximum Gasteiger partial charge on any atom is 0.307 e. The van der Waals surface area contributed by atoms with Gasteiger partial charge in [0.1, 0.15) is 0 Å². The third-order valence-corrected chi connectivity index (χ3v) is 2.27. The second-order valence-electron chi connectivity index (χ2n) is 3.40. The number of aromatic amines is 1. The standard InChI is InChI=1S/C10H12N4O3/c1-2-17-7(15)3-4-14-6-13-8-9(14)11-5-12-10(8)16/h5-6H,2-4H2,1H3,(H,11,12,16). The lowest BCUT2D eigenvalue weighted by Crippen LogP contribution is -2.10. The lowest BCUT2D eigenvalue weighted by atomic mass is 10.4. The molecule has 0 aliphatic carbocycles. The Labute approximate surface area is 96.5 Å². The second kappa shape index (κ2) is 4.77. The number of H-pyrrole nitrogens is 1. The van der Waals surface area contributed by atoms with Crippen molar-refractivity contribution in [1.29, 1.82) is 0 Å². The largest absolute Gasteiger partial charge is 0.466 e. The zero-order valence-electron chi connectivity index (χ0n) is 9.34. The van der Waals surface area contributed by atoms with Gasteiger partial charge in [-0.15, -0.1) is 0 Å². The van der Waals surface area contributed by atoms with E-state index in [0.717, 1.165) is 0 Å². The first kappa shape index (κ1) is 11.3. The van der Waals surface area contributed by atoms with Gasteiger partial charge in [0, 0.05) is 6.54 Å². The van der Waals surface area contributed by atoms with Gasteiger partial charge in [0.15, 0.2) is 11.2 Å². The summed E-state index contributed by atoms with van der Waals surface area (Å²) in [7, 11) is 0. The highest BCUT2D eigenvalue weighted by Crippen LogP contribution is 2.05. The number of aryl methyl sites for hydroxylation is 1. The molecule has 0 bridgehead atoms. The molecule has 2 aromatic heterocycles. The molecule has 0 unspecified atom stereocenters. The predicted octanol–water partition coefficient (Wildman–Crippen LogP) is 0.0728. The average molecular weight is 236 g/mol. The SMILES string of the molecule is CCOC(=O)CCn1cnc2c(=O)[nH]cnc21. The van der Waals surface area contributed by atoms with Crippen LogP contribution in [0.4, 0.5) is 0 Å². The second-order valence-corrected chi connectivity index (χ2v) is 3.40. The van der Waals surface area contributed by atoms with Gasteiger partial charge in [-0.05, 0) is 6.92 Å². The predicted molar refractivity (Wildman–Crippen MR) is 59.4 cm³/mol. The summed E-state index contributed by atoms with van der Waals surface area (Å²) in [5, 5.41) is 0. The van der Waals surface area contributed by atoms with Gasteiger partial charge in [-0.2, -0.15) is 0 Å². The number of fused-ring (bicyclic) bond motifs is 1. The molecule has 0 amide bonds. The Morgan fingerprint density at radius 1 is 1.53 bits per heavy atom. The lowest BCUT2D eigenvalue weighted by molar-refractivity contribution is -0.143. The summed E-state index contributed by atoms with van der Waals surface area (Å²) >= 11 is 0. The molecule has 90 valence electrons. The van der Waals surface area contributed by atoms with Gasteiger partial charge in [0.05, 0.1) is 25.7 Å². The smallest absolute Gasteiger partial charge is 0.307 e. The van der Waals surface area contributed by atoms with Gasteiger partial charge in [0.2, 0.25) is 0 Å². The molecule has 2 rings (SSSR count). The van der Waals surface area contributed by atoms with E-state index in [0.29, 0.717) is 18.8 Å². The number of carbonyl (C=O) groups is 1. The van der Waals surface area contributed by atoms with Gasteiger partial charge < -0.3 is 14.3 Å². The van der Waals surface area contributed by atoms with Gasteiger partial charge in [-0.3, -0.25) is 9.59 Å². The number of rotatable bonds is 4. The Kier molecular flexibility index (Phi) is 3.17. The molecule has 0 aromatic carbocycles. The van der Waals surface area contributed by atoms with E-state index in [2.05, 4.69) is 15.0 Å². The van der Waals surface area contributed by atoms with Crippen molar-refractivity contribution in [2.45, 2.75) is 19.9 Å². The lowest BCUT2D eigenvalue weighted by Gasteiger charge is -2.03. The average Bonchev–Trinajstić information content (AvgIpc) is 2.72. The van der Waals surface area contributed by atoms with Crippen molar-refractivity contribution in [2.75, 3.05) is 6.61 Å². The molecule has 0 saturated carbocycles. The first-order chi connectivity index (χ1) is 8.22.